The van der Waals surface area contributed by atoms with Crippen molar-refractivity contribution in [2.75, 3.05) is 7.11 Å². The number of aromatic amines is 1. The van der Waals surface area contributed by atoms with Crippen LogP contribution in [0.15, 0.2) is 40.3 Å². The second kappa shape index (κ2) is 7.02. The van der Waals surface area contributed by atoms with Crippen LogP contribution >= 0.6 is 23.1 Å². The largest absolute Gasteiger partial charge is 0.496 e. The zero-order valence-corrected chi connectivity index (χ0v) is 16.6. The summed E-state index contributed by atoms with van der Waals surface area (Å²) >= 11 is 2.93. The van der Waals surface area contributed by atoms with E-state index in [0.717, 1.165) is 29.2 Å². The fourth-order valence-electron chi connectivity index (χ4n) is 2.85. The third-order valence-corrected chi connectivity index (χ3v) is 6.37. The number of benzene rings is 1. The molecule has 3 aromatic heterocycles. The van der Waals surface area contributed by atoms with Crippen LogP contribution in [-0.4, -0.2) is 36.9 Å². The van der Waals surface area contributed by atoms with Crippen LogP contribution in [0.25, 0.3) is 16.3 Å². The summed E-state index contributed by atoms with van der Waals surface area (Å²) < 4.78 is 6.77. The smallest absolute Gasteiger partial charge is 0.275 e. The number of ether oxygens (including phenoxy) is 1. The second-order valence-electron chi connectivity index (χ2n) is 6.45. The van der Waals surface area contributed by atoms with Gasteiger partial charge in [0.15, 0.2) is 5.82 Å². The van der Waals surface area contributed by atoms with Crippen molar-refractivity contribution in [1.82, 2.24) is 29.8 Å². The Hall–Kier alpha value is -2.72. The topological polar surface area (TPSA) is 98.1 Å². The minimum absolute atomic E-state index is 0.145. The van der Waals surface area contributed by atoms with Gasteiger partial charge in [-0.3, -0.25) is 9.89 Å². The molecule has 28 heavy (non-hydrogen) atoms. The summed E-state index contributed by atoms with van der Waals surface area (Å²) in [6, 6.07) is 9.16. The molecular weight excluding hydrogens is 396 g/mol. The highest BCUT2D eigenvalue weighted by Gasteiger charge is 2.28. The van der Waals surface area contributed by atoms with Crippen LogP contribution in [0, 0.1) is 0 Å². The molecule has 0 amide bonds. The van der Waals surface area contributed by atoms with E-state index in [-0.39, 0.29) is 5.56 Å². The fraction of sp³-hybridized carbons (Fsp3) is 0.278. The van der Waals surface area contributed by atoms with Gasteiger partial charge in [0.05, 0.1) is 18.4 Å². The van der Waals surface area contributed by atoms with Gasteiger partial charge in [0.25, 0.3) is 5.56 Å². The molecule has 1 N–H and O–H groups in total. The van der Waals surface area contributed by atoms with Crippen LogP contribution in [0.4, 0.5) is 0 Å². The predicted octanol–water partition coefficient (Wildman–Crippen LogP) is 3.11. The molecule has 0 saturated heterocycles. The molecule has 142 valence electrons. The molecule has 10 heteroatoms. The number of fused-ring (bicyclic) bond motifs is 1. The Balaban J connectivity index is 1.35. The average molecular weight is 413 g/mol. The van der Waals surface area contributed by atoms with Crippen LogP contribution in [0.1, 0.15) is 29.5 Å². The fourth-order valence-corrected chi connectivity index (χ4v) is 4.63. The van der Waals surface area contributed by atoms with Gasteiger partial charge in [-0.2, -0.15) is 9.61 Å². The van der Waals surface area contributed by atoms with E-state index in [1.54, 1.807) is 7.11 Å². The van der Waals surface area contributed by atoms with Crippen molar-refractivity contribution in [2.24, 2.45) is 0 Å². The van der Waals surface area contributed by atoms with E-state index in [1.807, 2.05) is 24.3 Å². The van der Waals surface area contributed by atoms with Crippen molar-refractivity contribution in [2.45, 2.75) is 29.7 Å². The first-order valence-corrected chi connectivity index (χ1v) is 10.6. The Morgan fingerprint density at radius 2 is 2.18 bits per heavy atom. The molecule has 4 aromatic rings. The SMILES string of the molecule is COc1ccccc1-c1nc(SCc2cc(=O)n3nc(C4CC4)sc3n2)n[nH]1. The van der Waals surface area contributed by atoms with Crippen molar-refractivity contribution >= 4 is 28.1 Å². The molecule has 3 heterocycles. The molecule has 1 aromatic carbocycles. The highest BCUT2D eigenvalue weighted by molar-refractivity contribution is 7.98. The van der Waals surface area contributed by atoms with Crippen molar-refractivity contribution in [3.8, 4) is 17.1 Å². The molecule has 1 fully saturated rings. The number of methoxy groups -OCH3 is 1. The highest BCUT2D eigenvalue weighted by atomic mass is 32.2. The number of aromatic nitrogens is 6. The highest BCUT2D eigenvalue weighted by Crippen LogP contribution is 2.41. The maximum Gasteiger partial charge on any atom is 0.275 e. The first-order chi connectivity index (χ1) is 13.7. The summed E-state index contributed by atoms with van der Waals surface area (Å²) in [5.74, 6) is 2.38. The molecule has 1 aliphatic rings. The van der Waals surface area contributed by atoms with Gasteiger partial charge in [0, 0.05) is 17.7 Å². The monoisotopic (exact) mass is 412 g/mol. The number of nitrogens with one attached hydrogen (secondary N) is 1. The van der Waals surface area contributed by atoms with Gasteiger partial charge in [-0.05, 0) is 25.0 Å². The summed E-state index contributed by atoms with van der Waals surface area (Å²) in [4.78, 5) is 22.1. The molecule has 5 rings (SSSR count). The summed E-state index contributed by atoms with van der Waals surface area (Å²) in [6.07, 6.45) is 2.30. The molecule has 1 aliphatic carbocycles. The summed E-state index contributed by atoms with van der Waals surface area (Å²) in [6.45, 7) is 0. The number of hydrogen-bond donors (Lipinski definition) is 1. The average Bonchev–Trinajstić information content (AvgIpc) is 3.30. The normalized spacial score (nSPS) is 13.9. The predicted molar refractivity (Wildman–Crippen MR) is 107 cm³/mol. The maximum absolute atomic E-state index is 12.3. The van der Waals surface area contributed by atoms with E-state index in [4.69, 9.17) is 4.74 Å². The van der Waals surface area contributed by atoms with Gasteiger partial charge in [-0.1, -0.05) is 35.2 Å². The van der Waals surface area contributed by atoms with Crippen molar-refractivity contribution < 1.29 is 4.74 Å². The number of thioether (sulfide) groups is 1. The van der Waals surface area contributed by atoms with Crippen LogP contribution in [-0.2, 0) is 5.75 Å². The quantitative estimate of drug-likeness (QED) is 0.486. The summed E-state index contributed by atoms with van der Waals surface area (Å²) in [5, 5.41) is 13.2. The van der Waals surface area contributed by atoms with Crippen molar-refractivity contribution in [3.63, 3.8) is 0 Å². The Labute approximate surface area is 168 Å². The molecule has 0 atom stereocenters. The minimum Gasteiger partial charge on any atom is -0.496 e. The lowest BCUT2D eigenvalue weighted by molar-refractivity contribution is 0.416. The maximum atomic E-state index is 12.3. The van der Waals surface area contributed by atoms with Gasteiger partial charge >= 0.3 is 0 Å². The first-order valence-electron chi connectivity index (χ1n) is 8.79. The molecule has 0 aliphatic heterocycles. The lowest BCUT2D eigenvalue weighted by Gasteiger charge is -2.04. The molecule has 0 bridgehead atoms. The van der Waals surface area contributed by atoms with E-state index in [9.17, 15) is 4.79 Å². The first kappa shape index (κ1) is 17.4. The Morgan fingerprint density at radius 1 is 1.32 bits per heavy atom. The lowest BCUT2D eigenvalue weighted by Crippen LogP contribution is -2.15. The van der Waals surface area contributed by atoms with Gasteiger partial charge in [0.2, 0.25) is 10.1 Å². The third-order valence-electron chi connectivity index (χ3n) is 4.42. The molecule has 1 saturated carbocycles. The van der Waals surface area contributed by atoms with Crippen LogP contribution in [0.2, 0.25) is 0 Å². The van der Waals surface area contributed by atoms with Gasteiger partial charge < -0.3 is 4.74 Å². The number of para-hydroxylation sites is 1. The van der Waals surface area contributed by atoms with Crippen LogP contribution in [0.5, 0.6) is 5.75 Å². The number of nitrogens with zero attached hydrogens (tertiary/aromatic N) is 5. The number of hydrogen-bond acceptors (Lipinski definition) is 8. The minimum atomic E-state index is -0.145. The Bertz CT molecular complexity index is 1210. The van der Waals surface area contributed by atoms with Crippen LogP contribution in [0.3, 0.4) is 0 Å². The van der Waals surface area contributed by atoms with Gasteiger partial charge in [0.1, 0.15) is 10.8 Å². The zero-order chi connectivity index (χ0) is 19.1. The number of rotatable bonds is 6. The van der Waals surface area contributed by atoms with E-state index >= 15 is 0 Å². The molecule has 8 nitrogen and oxygen atoms in total. The summed E-state index contributed by atoms with van der Waals surface area (Å²) in [5.41, 5.74) is 1.40. The second-order valence-corrected chi connectivity index (χ2v) is 8.38. The number of H-pyrrole nitrogens is 1. The molecular formula is C18H16N6O2S2. The van der Waals surface area contributed by atoms with E-state index in [2.05, 4.69) is 25.3 Å². The Morgan fingerprint density at radius 3 is 3.00 bits per heavy atom. The van der Waals surface area contributed by atoms with E-state index in [1.165, 1.54) is 33.7 Å². The van der Waals surface area contributed by atoms with Gasteiger partial charge in [-0.25, -0.2) is 9.97 Å². The molecule has 0 radical (unpaired) electrons. The molecule has 0 spiro atoms. The molecule has 0 unspecified atom stereocenters. The van der Waals surface area contributed by atoms with Crippen molar-refractivity contribution in [3.05, 3.63) is 51.4 Å². The van der Waals surface area contributed by atoms with E-state index < -0.39 is 0 Å². The summed E-state index contributed by atoms with van der Waals surface area (Å²) in [7, 11) is 1.62. The van der Waals surface area contributed by atoms with E-state index in [0.29, 0.717) is 33.3 Å². The zero-order valence-electron chi connectivity index (χ0n) is 15.0. The van der Waals surface area contributed by atoms with Gasteiger partial charge in [-0.15, -0.1) is 5.10 Å². The lowest BCUT2D eigenvalue weighted by atomic mass is 10.2. The Kier molecular flexibility index (Phi) is 4.36. The van der Waals surface area contributed by atoms with Crippen LogP contribution < -0.4 is 10.3 Å². The third kappa shape index (κ3) is 3.29. The van der Waals surface area contributed by atoms with Crippen molar-refractivity contribution in [1.29, 1.82) is 0 Å². The standard InChI is InChI=1S/C18H16N6O2S2/c1-26-13-5-3-2-4-12(13)15-20-17(22-21-15)27-9-11-8-14(25)24-18(19-11)28-16(23-24)10-6-7-10/h2-5,8,10H,6-7,9H2,1H3,(H,20,21,22).